The standard InChI is InChI=1S/C18H12N6O4/c25-9-1-3-11-13(7-9)21-23(19-11)15-5-6-16(27)17(18(15)28)24-20-12-4-2-10(26)8-14(12)22-24/h1-8,25-28H. The average Bonchev–Trinajstić information content (AvgIpc) is 3.24. The number of aromatic hydroxyl groups is 4. The van der Waals surface area contributed by atoms with Crippen LogP contribution in [-0.4, -0.2) is 50.4 Å². The molecule has 5 rings (SSSR count). The van der Waals surface area contributed by atoms with Crippen molar-refractivity contribution < 1.29 is 20.4 Å². The van der Waals surface area contributed by atoms with Crippen molar-refractivity contribution in [2.75, 3.05) is 0 Å². The fourth-order valence-corrected chi connectivity index (χ4v) is 2.93. The Bertz CT molecular complexity index is 1370. The maximum absolute atomic E-state index is 10.8. The van der Waals surface area contributed by atoms with Crippen LogP contribution in [0, 0.1) is 0 Å². The molecule has 0 atom stereocenters. The molecule has 0 aliphatic rings. The molecule has 4 N–H and O–H groups in total. The van der Waals surface area contributed by atoms with Crippen LogP contribution < -0.4 is 0 Å². The van der Waals surface area contributed by atoms with E-state index in [1.807, 2.05) is 0 Å². The van der Waals surface area contributed by atoms with Gasteiger partial charge in [-0.15, -0.1) is 30.0 Å². The zero-order chi connectivity index (χ0) is 19.4. The Morgan fingerprint density at radius 3 is 1.75 bits per heavy atom. The zero-order valence-corrected chi connectivity index (χ0v) is 14.1. The van der Waals surface area contributed by atoms with Gasteiger partial charge in [-0.05, 0) is 36.4 Å². The third kappa shape index (κ3) is 2.35. The first-order chi connectivity index (χ1) is 13.5. The van der Waals surface area contributed by atoms with Gasteiger partial charge in [-0.1, -0.05) is 0 Å². The van der Waals surface area contributed by atoms with E-state index in [1.165, 1.54) is 41.2 Å². The predicted molar refractivity (Wildman–Crippen MR) is 97.9 cm³/mol. The number of phenols is 4. The minimum atomic E-state index is -0.339. The highest BCUT2D eigenvalue weighted by Crippen LogP contribution is 2.36. The SMILES string of the molecule is Oc1ccc2nn(-c3ccc(O)c(-n4nc5ccc(O)cc5n4)c3O)nc2c1. The minimum absolute atomic E-state index is 0.0254. The number of rotatable bonds is 2. The van der Waals surface area contributed by atoms with Crippen LogP contribution in [0.2, 0.25) is 0 Å². The predicted octanol–water partition coefficient (Wildman–Crippen LogP) is 1.98. The van der Waals surface area contributed by atoms with E-state index in [0.717, 1.165) is 4.80 Å². The monoisotopic (exact) mass is 376 g/mol. The van der Waals surface area contributed by atoms with E-state index in [4.69, 9.17) is 0 Å². The molecule has 0 unspecified atom stereocenters. The van der Waals surface area contributed by atoms with Crippen molar-refractivity contribution in [2.45, 2.75) is 0 Å². The fraction of sp³-hybridized carbons (Fsp3) is 0. The third-order valence-corrected chi connectivity index (χ3v) is 4.25. The van der Waals surface area contributed by atoms with Gasteiger partial charge in [0, 0.05) is 12.1 Å². The van der Waals surface area contributed by atoms with E-state index in [2.05, 4.69) is 20.4 Å². The molecule has 0 bridgehead atoms. The molecule has 0 amide bonds. The van der Waals surface area contributed by atoms with Crippen LogP contribution in [0.25, 0.3) is 33.4 Å². The lowest BCUT2D eigenvalue weighted by molar-refractivity contribution is 0.434. The van der Waals surface area contributed by atoms with Gasteiger partial charge >= 0.3 is 0 Å². The quantitative estimate of drug-likeness (QED) is 0.366. The third-order valence-electron chi connectivity index (χ3n) is 4.25. The van der Waals surface area contributed by atoms with Gasteiger partial charge in [-0.25, -0.2) is 0 Å². The molecule has 0 saturated heterocycles. The molecule has 0 spiro atoms. The van der Waals surface area contributed by atoms with Crippen molar-refractivity contribution in [3.8, 4) is 34.4 Å². The summed E-state index contributed by atoms with van der Waals surface area (Å²) in [6.07, 6.45) is 0. The number of aromatic nitrogens is 6. The largest absolute Gasteiger partial charge is 0.508 e. The number of phenolic OH excluding ortho intramolecular Hbond substituents is 4. The van der Waals surface area contributed by atoms with Crippen LogP contribution in [-0.2, 0) is 0 Å². The van der Waals surface area contributed by atoms with Crippen LogP contribution in [0.15, 0.2) is 48.5 Å². The topological polar surface area (TPSA) is 142 Å². The Morgan fingerprint density at radius 1 is 0.571 bits per heavy atom. The summed E-state index contributed by atoms with van der Waals surface area (Å²) in [5.41, 5.74) is 1.95. The number of hydrogen-bond acceptors (Lipinski definition) is 8. The van der Waals surface area contributed by atoms with Crippen molar-refractivity contribution in [2.24, 2.45) is 0 Å². The van der Waals surface area contributed by atoms with Gasteiger partial charge < -0.3 is 20.4 Å². The Kier molecular flexibility index (Phi) is 3.16. The van der Waals surface area contributed by atoms with Gasteiger partial charge in [-0.3, -0.25) is 0 Å². The van der Waals surface area contributed by atoms with Crippen molar-refractivity contribution in [1.82, 2.24) is 30.0 Å². The molecule has 3 aromatic carbocycles. The van der Waals surface area contributed by atoms with E-state index in [0.29, 0.717) is 22.1 Å². The Morgan fingerprint density at radius 2 is 1.11 bits per heavy atom. The summed E-state index contributed by atoms with van der Waals surface area (Å²) >= 11 is 0. The summed E-state index contributed by atoms with van der Waals surface area (Å²) in [7, 11) is 0. The first-order valence-corrected chi connectivity index (χ1v) is 8.17. The van der Waals surface area contributed by atoms with Gasteiger partial charge in [0.2, 0.25) is 0 Å². The van der Waals surface area contributed by atoms with Crippen molar-refractivity contribution in [3.05, 3.63) is 48.5 Å². The zero-order valence-electron chi connectivity index (χ0n) is 14.1. The first-order valence-electron chi connectivity index (χ1n) is 8.17. The highest BCUT2D eigenvalue weighted by Gasteiger charge is 2.20. The summed E-state index contributed by atoms with van der Waals surface area (Å²) in [5.74, 6) is -0.516. The summed E-state index contributed by atoms with van der Waals surface area (Å²) in [6.45, 7) is 0. The van der Waals surface area contributed by atoms with Crippen molar-refractivity contribution >= 4 is 22.1 Å². The minimum Gasteiger partial charge on any atom is -0.508 e. The van der Waals surface area contributed by atoms with Gasteiger partial charge in [0.05, 0.1) is 0 Å². The van der Waals surface area contributed by atoms with Gasteiger partial charge in [0.25, 0.3) is 0 Å². The molecule has 10 nitrogen and oxygen atoms in total. The molecule has 0 fully saturated rings. The molecule has 2 heterocycles. The second-order valence-corrected chi connectivity index (χ2v) is 6.13. The van der Waals surface area contributed by atoms with E-state index >= 15 is 0 Å². The van der Waals surface area contributed by atoms with Crippen LogP contribution in [0.4, 0.5) is 0 Å². The average molecular weight is 376 g/mol. The molecule has 0 saturated carbocycles. The Balaban J connectivity index is 1.70. The maximum atomic E-state index is 10.8. The highest BCUT2D eigenvalue weighted by molar-refractivity contribution is 5.77. The van der Waals surface area contributed by atoms with Crippen LogP contribution >= 0.6 is 0 Å². The van der Waals surface area contributed by atoms with Crippen molar-refractivity contribution in [1.29, 1.82) is 0 Å². The van der Waals surface area contributed by atoms with Crippen LogP contribution in [0.5, 0.6) is 23.0 Å². The van der Waals surface area contributed by atoms with Gasteiger partial charge in [0.1, 0.15) is 45.0 Å². The molecular weight excluding hydrogens is 364 g/mol. The smallest absolute Gasteiger partial charge is 0.174 e. The summed E-state index contributed by atoms with van der Waals surface area (Å²) in [4.78, 5) is 2.27. The number of nitrogens with zero attached hydrogens (tertiary/aromatic N) is 6. The molecule has 5 aromatic rings. The second-order valence-electron chi connectivity index (χ2n) is 6.13. The van der Waals surface area contributed by atoms with E-state index in [-0.39, 0.29) is 34.4 Å². The normalized spacial score (nSPS) is 11.4. The van der Waals surface area contributed by atoms with E-state index in [9.17, 15) is 20.4 Å². The lowest BCUT2D eigenvalue weighted by Gasteiger charge is -2.09. The first kappa shape index (κ1) is 15.9. The lowest BCUT2D eigenvalue weighted by atomic mass is 10.2. The molecular formula is C18H12N6O4. The van der Waals surface area contributed by atoms with Gasteiger partial charge in [0.15, 0.2) is 11.4 Å². The van der Waals surface area contributed by atoms with Gasteiger partial charge in [-0.2, -0.15) is 0 Å². The summed E-state index contributed by atoms with van der Waals surface area (Å²) < 4.78 is 0. The molecule has 28 heavy (non-hydrogen) atoms. The van der Waals surface area contributed by atoms with Crippen molar-refractivity contribution in [3.63, 3.8) is 0 Å². The highest BCUT2D eigenvalue weighted by atomic mass is 16.3. The molecule has 10 heteroatoms. The van der Waals surface area contributed by atoms with Crippen LogP contribution in [0.3, 0.4) is 0 Å². The fourth-order valence-electron chi connectivity index (χ4n) is 2.93. The number of fused-ring (bicyclic) bond motifs is 2. The molecule has 0 aliphatic heterocycles. The Hall–Kier alpha value is -4.34. The summed E-state index contributed by atoms with van der Waals surface area (Å²) in [5, 5.41) is 57.2. The number of hydrogen-bond donors (Lipinski definition) is 4. The molecule has 2 aromatic heterocycles. The maximum Gasteiger partial charge on any atom is 0.174 e. The molecule has 138 valence electrons. The number of benzene rings is 3. The molecule has 0 radical (unpaired) electrons. The lowest BCUT2D eigenvalue weighted by Crippen LogP contribution is -2.04. The van der Waals surface area contributed by atoms with E-state index in [1.54, 1.807) is 12.1 Å². The molecule has 0 aliphatic carbocycles. The van der Waals surface area contributed by atoms with Crippen LogP contribution in [0.1, 0.15) is 0 Å². The second kappa shape index (κ2) is 5.58. The van der Waals surface area contributed by atoms with E-state index < -0.39 is 0 Å². The Labute approximate surface area is 156 Å². The summed E-state index contributed by atoms with van der Waals surface area (Å²) in [6, 6.07) is 11.8.